The Labute approximate surface area is 128 Å². The van der Waals surface area contributed by atoms with E-state index in [1.807, 2.05) is 13.0 Å². The van der Waals surface area contributed by atoms with E-state index in [1.54, 1.807) is 16.4 Å². The van der Waals surface area contributed by atoms with E-state index in [9.17, 15) is 8.42 Å². The molecule has 1 aromatic rings. The molecule has 118 valence electrons. The Kier molecular flexibility index (Phi) is 5.27. The molecule has 1 fully saturated rings. The molecule has 0 radical (unpaired) electrons. The largest absolute Gasteiger partial charge is 0.398 e. The van der Waals surface area contributed by atoms with E-state index in [-0.39, 0.29) is 6.04 Å². The highest BCUT2D eigenvalue weighted by molar-refractivity contribution is 7.89. The molecule has 21 heavy (non-hydrogen) atoms. The predicted molar refractivity (Wildman–Crippen MR) is 86.7 cm³/mol. The summed E-state index contributed by atoms with van der Waals surface area (Å²) in [5.74, 6) is 0. The van der Waals surface area contributed by atoms with Crippen molar-refractivity contribution in [3.63, 3.8) is 0 Å². The molecule has 1 aliphatic rings. The van der Waals surface area contributed by atoms with Gasteiger partial charge < -0.3 is 5.73 Å². The van der Waals surface area contributed by atoms with Gasteiger partial charge in [-0.3, -0.25) is 0 Å². The highest BCUT2D eigenvalue weighted by Crippen LogP contribution is 2.28. The number of benzene rings is 1. The van der Waals surface area contributed by atoms with Crippen molar-refractivity contribution in [3.8, 4) is 0 Å². The molecule has 1 aromatic carbocycles. The predicted octanol–water partition coefficient (Wildman–Crippen LogP) is 3.17. The molecule has 4 nitrogen and oxygen atoms in total. The Balaban J connectivity index is 2.37. The lowest BCUT2D eigenvalue weighted by Crippen LogP contribution is -2.39. The van der Waals surface area contributed by atoms with E-state index in [0.29, 0.717) is 17.1 Å². The van der Waals surface area contributed by atoms with Crippen LogP contribution in [0.2, 0.25) is 0 Å². The minimum Gasteiger partial charge on any atom is -0.398 e. The van der Waals surface area contributed by atoms with Crippen molar-refractivity contribution in [3.05, 3.63) is 23.8 Å². The Bertz CT molecular complexity index is 584. The lowest BCUT2D eigenvalue weighted by atomic mass is 10.1. The van der Waals surface area contributed by atoms with E-state index in [4.69, 9.17) is 5.73 Å². The van der Waals surface area contributed by atoms with Crippen molar-refractivity contribution < 1.29 is 8.42 Å². The Morgan fingerprint density at radius 2 is 2.00 bits per heavy atom. The fourth-order valence-electron chi connectivity index (χ4n) is 3.07. The van der Waals surface area contributed by atoms with Gasteiger partial charge in [0.25, 0.3) is 0 Å². The number of nitrogens with zero attached hydrogens (tertiary/aromatic N) is 1. The van der Waals surface area contributed by atoms with Gasteiger partial charge in [-0.2, -0.15) is 4.31 Å². The molecule has 0 bridgehead atoms. The molecule has 0 aromatic heterocycles. The second-order valence-electron chi connectivity index (χ2n) is 5.74. The zero-order valence-electron chi connectivity index (χ0n) is 13.0. The molecule has 0 aliphatic carbocycles. The Morgan fingerprint density at radius 1 is 1.24 bits per heavy atom. The molecule has 2 N–H and O–H groups in total. The van der Waals surface area contributed by atoms with Gasteiger partial charge in [0.05, 0.1) is 4.90 Å². The van der Waals surface area contributed by atoms with Crippen molar-refractivity contribution in [2.24, 2.45) is 0 Å². The summed E-state index contributed by atoms with van der Waals surface area (Å²) in [7, 11) is -3.44. The van der Waals surface area contributed by atoms with Crippen LogP contribution in [0.3, 0.4) is 0 Å². The van der Waals surface area contributed by atoms with Crippen LogP contribution in [0.15, 0.2) is 23.1 Å². The van der Waals surface area contributed by atoms with Crippen LogP contribution < -0.4 is 5.73 Å². The maximum absolute atomic E-state index is 12.9. The average Bonchev–Trinajstić information content (AvgIpc) is 2.72. The smallest absolute Gasteiger partial charge is 0.243 e. The highest BCUT2D eigenvalue weighted by atomic mass is 32.2. The van der Waals surface area contributed by atoms with Gasteiger partial charge in [0, 0.05) is 18.3 Å². The van der Waals surface area contributed by atoms with Crippen molar-refractivity contribution in [2.45, 2.75) is 63.3 Å². The Hall–Kier alpha value is -1.07. The van der Waals surface area contributed by atoms with Crippen LogP contribution in [0.5, 0.6) is 0 Å². The normalized spacial score (nSPS) is 21.1. The maximum atomic E-state index is 12.9. The topological polar surface area (TPSA) is 63.4 Å². The summed E-state index contributed by atoms with van der Waals surface area (Å²) >= 11 is 0. The van der Waals surface area contributed by atoms with Crippen LogP contribution in [0.25, 0.3) is 0 Å². The van der Waals surface area contributed by atoms with Gasteiger partial charge in [0.2, 0.25) is 10.0 Å². The molecule has 5 heteroatoms. The fourth-order valence-corrected chi connectivity index (χ4v) is 4.87. The van der Waals surface area contributed by atoms with Gasteiger partial charge in [0.1, 0.15) is 0 Å². The van der Waals surface area contributed by atoms with Gasteiger partial charge in [-0.15, -0.1) is 0 Å². The van der Waals surface area contributed by atoms with Crippen LogP contribution >= 0.6 is 0 Å². The third-order valence-electron chi connectivity index (χ3n) is 4.40. The molecule has 2 rings (SSSR count). The third kappa shape index (κ3) is 3.40. The fraction of sp³-hybridized carbons (Fsp3) is 0.625. The molecular formula is C16H26N2O2S. The summed E-state index contributed by atoms with van der Waals surface area (Å²) in [5.41, 5.74) is 7.54. The van der Waals surface area contributed by atoms with E-state index < -0.39 is 10.0 Å². The molecule has 1 unspecified atom stereocenters. The molecule has 1 atom stereocenters. The van der Waals surface area contributed by atoms with Crippen LogP contribution in [0.4, 0.5) is 5.69 Å². The van der Waals surface area contributed by atoms with Crippen molar-refractivity contribution in [1.82, 2.24) is 4.31 Å². The van der Waals surface area contributed by atoms with Crippen molar-refractivity contribution >= 4 is 15.7 Å². The first-order valence-electron chi connectivity index (χ1n) is 7.91. The van der Waals surface area contributed by atoms with E-state index in [2.05, 4.69) is 6.92 Å². The summed E-state index contributed by atoms with van der Waals surface area (Å²) < 4.78 is 27.6. The summed E-state index contributed by atoms with van der Waals surface area (Å²) in [5, 5.41) is 0. The maximum Gasteiger partial charge on any atom is 0.243 e. The zero-order valence-corrected chi connectivity index (χ0v) is 13.8. The van der Waals surface area contributed by atoms with Gasteiger partial charge in [-0.1, -0.05) is 32.8 Å². The van der Waals surface area contributed by atoms with Crippen LogP contribution in [0.1, 0.15) is 51.5 Å². The zero-order chi connectivity index (χ0) is 15.5. The number of hydrogen-bond donors (Lipinski definition) is 1. The molecule has 1 saturated heterocycles. The van der Waals surface area contributed by atoms with Crippen LogP contribution in [0, 0.1) is 0 Å². The molecule has 0 amide bonds. The standard InChI is InChI=1S/C16H26N2O2S/c1-3-13-9-10-15(12-16(13)17)21(19,20)18-11-7-5-6-8-14(18)4-2/h9-10,12,14H,3-8,11,17H2,1-2H3. The van der Waals surface area contributed by atoms with E-state index >= 15 is 0 Å². The molecular weight excluding hydrogens is 284 g/mol. The molecule has 0 saturated carbocycles. The van der Waals surface area contributed by atoms with Gasteiger partial charge in [0.15, 0.2) is 0 Å². The molecule has 1 aliphatic heterocycles. The number of nitrogens with two attached hydrogens (primary N) is 1. The van der Waals surface area contributed by atoms with Gasteiger partial charge >= 0.3 is 0 Å². The minimum absolute atomic E-state index is 0.115. The molecule has 0 spiro atoms. The third-order valence-corrected chi connectivity index (χ3v) is 6.35. The molecule has 1 heterocycles. The lowest BCUT2D eigenvalue weighted by molar-refractivity contribution is 0.315. The quantitative estimate of drug-likeness (QED) is 0.869. The van der Waals surface area contributed by atoms with Crippen molar-refractivity contribution in [2.75, 3.05) is 12.3 Å². The monoisotopic (exact) mass is 310 g/mol. The SMILES string of the molecule is CCc1ccc(S(=O)(=O)N2CCCCCC2CC)cc1N. The number of aryl methyl sites for hydroxylation is 1. The number of sulfonamides is 1. The summed E-state index contributed by atoms with van der Waals surface area (Å²) in [6, 6.07) is 5.26. The second-order valence-corrected chi connectivity index (χ2v) is 7.63. The highest BCUT2D eigenvalue weighted by Gasteiger charge is 2.31. The summed E-state index contributed by atoms with van der Waals surface area (Å²) in [6.07, 6.45) is 5.80. The first kappa shape index (κ1) is 16.3. The van der Waals surface area contributed by atoms with Crippen LogP contribution in [-0.2, 0) is 16.4 Å². The summed E-state index contributed by atoms with van der Waals surface area (Å²) in [4.78, 5) is 0.331. The lowest BCUT2D eigenvalue weighted by Gasteiger charge is -2.28. The number of hydrogen-bond acceptors (Lipinski definition) is 3. The average molecular weight is 310 g/mol. The summed E-state index contributed by atoms with van der Waals surface area (Å²) in [6.45, 7) is 4.70. The minimum atomic E-state index is -3.44. The van der Waals surface area contributed by atoms with Crippen molar-refractivity contribution in [1.29, 1.82) is 0 Å². The Morgan fingerprint density at radius 3 is 2.62 bits per heavy atom. The number of rotatable bonds is 4. The first-order chi connectivity index (χ1) is 10.0. The number of anilines is 1. The first-order valence-corrected chi connectivity index (χ1v) is 9.35. The van der Waals surface area contributed by atoms with E-state index in [1.165, 1.54) is 0 Å². The van der Waals surface area contributed by atoms with Crippen LogP contribution in [-0.4, -0.2) is 25.3 Å². The number of nitrogen functional groups attached to an aromatic ring is 1. The second kappa shape index (κ2) is 6.79. The van der Waals surface area contributed by atoms with Gasteiger partial charge in [-0.25, -0.2) is 8.42 Å². The van der Waals surface area contributed by atoms with E-state index in [0.717, 1.165) is 44.1 Å². The van der Waals surface area contributed by atoms with Gasteiger partial charge in [-0.05, 0) is 43.4 Å².